The average molecular weight is 389 g/mol. The van der Waals surface area contributed by atoms with Gasteiger partial charge in [0, 0.05) is 27.4 Å². The lowest BCUT2D eigenvalue weighted by atomic mass is 9.90. The van der Waals surface area contributed by atoms with Gasteiger partial charge in [-0.05, 0) is 36.6 Å². The number of hydrogen-bond acceptors (Lipinski definition) is 5. The average Bonchev–Trinajstić information content (AvgIpc) is 2.70. The monoisotopic (exact) mass is 389 g/mol. The zero-order valence-electron chi connectivity index (χ0n) is 15.5. The maximum atomic E-state index is 12.8. The molecule has 0 fully saturated rings. The first-order valence-corrected chi connectivity index (χ1v) is 9.71. The van der Waals surface area contributed by atoms with Crippen molar-refractivity contribution in [2.24, 2.45) is 0 Å². The molecule has 0 spiro atoms. The maximum absolute atomic E-state index is 12.8. The van der Waals surface area contributed by atoms with Crippen molar-refractivity contribution in [3.05, 3.63) is 77.4 Å². The molecular formula is C23H19NO3S. The van der Waals surface area contributed by atoms with Gasteiger partial charge >= 0.3 is 5.97 Å². The van der Waals surface area contributed by atoms with Crippen molar-refractivity contribution in [2.45, 2.75) is 29.6 Å². The van der Waals surface area contributed by atoms with E-state index in [0.29, 0.717) is 17.6 Å². The van der Waals surface area contributed by atoms with Crippen LogP contribution in [0.5, 0.6) is 0 Å². The van der Waals surface area contributed by atoms with Crippen molar-refractivity contribution in [1.29, 1.82) is 5.26 Å². The summed E-state index contributed by atoms with van der Waals surface area (Å²) in [5, 5.41) is 9.78. The standard InChI is InChI=1S/C23H19NO3S/c1-15(2)23(26)27-13-7-10-19(25)18(14-24)22-16-8-3-5-11-20(16)28-21-12-6-4-9-17(21)22/h3-6,8-9,11-12H,1,7,10,13H2,2H3. The van der Waals surface area contributed by atoms with Gasteiger partial charge in [0.05, 0.1) is 6.61 Å². The van der Waals surface area contributed by atoms with Crippen LogP contribution in [0.1, 0.15) is 30.9 Å². The highest BCUT2D eigenvalue weighted by Crippen LogP contribution is 2.46. The second-order valence-electron chi connectivity index (χ2n) is 6.40. The fourth-order valence-corrected chi connectivity index (χ4v) is 4.05. The van der Waals surface area contributed by atoms with E-state index >= 15 is 0 Å². The number of ketones is 1. The third-order valence-electron chi connectivity index (χ3n) is 4.30. The molecular weight excluding hydrogens is 370 g/mol. The van der Waals surface area contributed by atoms with E-state index in [2.05, 4.69) is 12.6 Å². The van der Waals surface area contributed by atoms with Gasteiger partial charge in [0.2, 0.25) is 0 Å². The van der Waals surface area contributed by atoms with Crippen LogP contribution in [0.4, 0.5) is 0 Å². The Kier molecular flexibility index (Phi) is 6.13. The van der Waals surface area contributed by atoms with Crippen molar-refractivity contribution >= 4 is 29.1 Å². The van der Waals surface area contributed by atoms with E-state index in [4.69, 9.17) is 4.74 Å². The minimum absolute atomic E-state index is 0.120. The Morgan fingerprint density at radius 3 is 2.18 bits per heavy atom. The second-order valence-corrected chi connectivity index (χ2v) is 7.48. The summed E-state index contributed by atoms with van der Waals surface area (Å²) in [6.07, 6.45) is 0.488. The number of ether oxygens (including phenoxy) is 1. The Morgan fingerprint density at radius 1 is 1.07 bits per heavy atom. The van der Waals surface area contributed by atoms with E-state index in [9.17, 15) is 14.9 Å². The van der Waals surface area contributed by atoms with Gasteiger partial charge in [-0.15, -0.1) is 0 Å². The number of nitriles is 1. The van der Waals surface area contributed by atoms with Gasteiger partial charge in [-0.25, -0.2) is 4.79 Å². The van der Waals surface area contributed by atoms with E-state index < -0.39 is 5.97 Å². The molecule has 0 unspecified atom stereocenters. The van der Waals surface area contributed by atoms with Crippen LogP contribution >= 0.6 is 11.8 Å². The van der Waals surface area contributed by atoms with Gasteiger partial charge in [-0.2, -0.15) is 5.26 Å². The Balaban J connectivity index is 1.90. The van der Waals surface area contributed by atoms with E-state index in [-0.39, 0.29) is 24.4 Å². The first-order valence-electron chi connectivity index (χ1n) is 8.89. The minimum atomic E-state index is -0.474. The molecule has 2 aromatic carbocycles. The molecule has 1 heterocycles. The molecule has 0 saturated carbocycles. The number of nitrogens with zero attached hydrogens (tertiary/aromatic N) is 1. The number of Topliss-reactive ketones (excluding diaryl/α,β-unsaturated/α-hetero) is 1. The summed E-state index contributed by atoms with van der Waals surface area (Å²) in [6, 6.07) is 17.7. The minimum Gasteiger partial charge on any atom is -0.462 e. The quantitative estimate of drug-likeness (QED) is 0.258. The second kappa shape index (κ2) is 8.73. The Hall–Kier alpha value is -3.10. The molecule has 4 nitrogen and oxygen atoms in total. The number of benzene rings is 2. The topological polar surface area (TPSA) is 67.2 Å². The summed E-state index contributed by atoms with van der Waals surface area (Å²) < 4.78 is 5.03. The molecule has 0 N–H and O–H groups in total. The van der Waals surface area contributed by atoms with Crippen LogP contribution in [0.3, 0.4) is 0 Å². The molecule has 0 aliphatic carbocycles. The van der Waals surface area contributed by atoms with Gasteiger partial charge in [-0.3, -0.25) is 4.79 Å². The molecule has 1 aliphatic rings. The van der Waals surface area contributed by atoms with Gasteiger partial charge in [0.15, 0.2) is 5.78 Å². The number of carbonyl (C=O) groups is 2. The Morgan fingerprint density at radius 2 is 1.64 bits per heavy atom. The van der Waals surface area contributed by atoms with E-state index in [0.717, 1.165) is 20.9 Å². The Labute approximate surface area is 168 Å². The van der Waals surface area contributed by atoms with Crippen molar-refractivity contribution in [1.82, 2.24) is 0 Å². The number of allylic oxidation sites excluding steroid dienone is 1. The van der Waals surface area contributed by atoms with Gasteiger partial charge in [0.25, 0.3) is 0 Å². The van der Waals surface area contributed by atoms with E-state index in [1.807, 2.05) is 48.5 Å². The number of hydrogen-bond donors (Lipinski definition) is 0. The molecule has 28 heavy (non-hydrogen) atoms. The van der Waals surface area contributed by atoms with Crippen LogP contribution in [0.2, 0.25) is 0 Å². The number of rotatable bonds is 6. The summed E-state index contributed by atoms with van der Waals surface area (Å²) in [6.45, 7) is 5.21. The molecule has 0 saturated heterocycles. The molecule has 0 bridgehead atoms. The summed E-state index contributed by atoms with van der Waals surface area (Å²) >= 11 is 1.63. The van der Waals surface area contributed by atoms with Crippen LogP contribution < -0.4 is 0 Å². The van der Waals surface area contributed by atoms with Gasteiger partial charge < -0.3 is 4.74 Å². The van der Waals surface area contributed by atoms with Crippen molar-refractivity contribution in [2.75, 3.05) is 6.61 Å². The lowest BCUT2D eigenvalue weighted by molar-refractivity contribution is -0.139. The fraction of sp³-hybridized carbons (Fsp3) is 0.174. The SMILES string of the molecule is C=C(C)C(=O)OCCCC(=O)C(C#N)=C1c2ccccc2Sc2ccccc21. The lowest BCUT2D eigenvalue weighted by Gasteiger charge is -2.22. The number of esters is 1. The van der Waals surface area contributed by atoms with Crippen molar-refractivity contribution in [3.8, 4) is 6.07 Å². The van der Waals surface area contributed by atoms with Gasteiger partial charge in [-0.1, -0.05) is 54.7 Å². The first-order chi connectivity index (χ1) is 13.5. The molecule has 3 rings (SSSR count). The summed E-state index contributed by atoms with van der Waals surface area (Å²) in [4.78, 5) is 26.3. The summed E-state index contributed by atoms with van der Waals surface area (Å²) in [5.41, 5.74) is 2.93. The maximum Gasteiger partial charge on any atom is 0.333 e. The third kappa shape index (κ3) is 4.08. The lowest BCUT2D eigenvalue weighted by Crippen LogP contribution is -2.11. The molecule has 0 radical (unpaired) electrons. The molecule has 0 atom stereocenters. The highest BCUT2D eigenvalue weighted by atomic mass is 32.2. The number of carbonyl (C=O) groups excluding carboxylic acids is 2. The first kappa shape index (κ1) is 19.7. The van der Waals surface area contributed by atoms with E-state index in [1.54, 1.807) is 18.7 Å². The molecule has 1 aliphatic heterocycles. The molecule has 140 valence electrons. The van der Waals surface area contributed by atoms with Crippen LogP contribution in [0, 0.1) is 11.3 Å². The summed E-state index contributed by atoms with van der Waals surface area (Å²) in [5.74, 6) is -0.723. The highest BCUT2D eigenvalue weighted by molar-refractivity contribution is 7.99. The zero-order chi connectivity index (χ0) is 20.1. The van der Waals surface area contributed by atoms with Crippen molar-refractivity contribution < 1.29 is 14.3 Å². The summed E-state index contributed by atoms with van der Waals surface area (Å²) in [7, 11) is 0. The van der Waals surface area contributed by atoms with Crippen LogP contribution in [-0.2, 0) is 14.3 Å². The van der Waals surface area contributed by atoms with Gasteiger partial charge in [0.1, 0.15) is 11.6 Å². The van der Waals surface area contributed by atoms with Crippen LogP contribution in [0.25, 0.3) is 5.57 Å². The molecule has 2 aromatic rings. The predicted octanol–water partition coefficient (Wildman–Crippen LogP) is 4.95. The molecule has 5 heteroatoms. The van der Waals surface area contributed by atoms with Crippen LogP contribution in [-0.4, -0.2) is 18.4 Å². The predicted molar refractivity (Wildman–Crippen MR) is 109 cm³/mol. The van der Waals surface area contributed by atoms with Crippen molar-refractivity contribution in [3.63, 3.8) is 0 Å². The fourth-order valence-electron chi connectivity index (χ4n) is 2.96. The highest BCUT2D eigenvalue weighted by Gasteiger charge is 2.26. The molecule has 0 aromatic heterocycles. The Bertz CT molecular complexity index is 983. The zero-order valence-corrected chi connectivity index (χ0v) is 16.3. The van der Waals surface area contributed by atoms with Crippen LogP contribution in [0.15, 0.2) is 76.0 Å². The number of fused-ring (bicyclic) bond motifs is 2. The largest absolute Gasteiger partial charge is 0.462 e. The normalized spacial score (nSPS) is 11.6. The van der Waals surface area contributed by atoms with E-state index in [1.165, 1.54) is 0 Å². The smallest absolute Gasteiger partial charge is 0.333 e. The third-order valence-corrected chi connectivity index (χ3v) is 5.45. The molecule has 0 amide bonds.